The molecule has 0 unspecified atom stereocenters. The van der Waals surface area contributed by atoms with Crippen LogP contribution in [0.15, 0.2) is 48.7 Å². The molecule has 1 heterocycles. The van der Waals surface area contributed by atoms with Gasteiger partial charge in [-0.3, -0.25) is 4.79 Å². The van der Waals surface area contributed by atoms with Gasteiger partial charge in [0.15, 0.2) is 0 Å². The van der Waals surface area contributed by atoms with E-state index < -0.39 is 0 Å². The summed E-state index contributed by atoms with van der Waals surface area (Å²) in [5.41, 5.74) is 2.20. The molecule has 3 nitrogen and oxygen atoms in total. The smallest absolute Gasteiger partial charge is 0.228 e. The Kier molecular flexibility index (Phi) is 3.62. The number of nitrogens with one attached hydrogen (secondary N) is 2. The van der Waals surface area contributed by atoms with Crippen LogP contribution in [0.25, 0.3) is 10.9 Å². The minimum absolute atomic E-state index is 0.163. The maximum Gasteiger partial charge on any atom is 0.228 e. The van der Waals surface area contributed by atoms with Crippen molar-refractivity contribution in [2.24, 2.45) is 0 Å². The van der Waals surface area contributed by atoms with Gasteiger partial charge in [0.25, 0.3) is 0 Å². The Morgan fingerprint density at radius 2 is 2.10 bits per heavy atom. The van der Waals surface area contributed by atoms with Gasteiger partial charge >= 0.3 is 0 Å². The molecule has 0 bridgehead atoms. The highest BCUT2D eigenvalue weighted by atomic mass is 35.5. The Bertz CT molecular complexity index is 813. The van der Waals surface area contributed by atoms with Crippen molar-refractivity contribution in [3.63, 3.8) is 0 Å². The Morgan fingerprint density at radius 1 is 1.24 bits per heavy atom. The van der Waals surface area contributed by atoms with Crippen molar-refractivity contribution < 1.29 is 9.18 Å². The van der Waals surface area contributed by atoms with Crippen molar-refractivity contribution in [2.75, 3.05) is 5.32 Å². The van der Waals surface area contributed by atoms with Crippen LogP contribution >= 0.6 is 11.6 Å². The summed E-state index contributed by atoms with van der Waals surface area (Å²) < 4.78 is 13.3. The molecule has 0 fully saturated rings. The fourth-order valence-corrected chi connectivity index (χ4v) is 2.43. The van der Waals surface area contributed by atoms with E-state index in [0.29, 0.717) is 10.7 Å². The van der Waals surface area contributed by atoms with Crippen LogP contribution in [0.4, 0.5) is 10.1 Å². The maximum atomic E-state index is 13.3. The number of anilines is 1. The summed E-state index contributed by atoms with van der Waals surface area (Å²) in [7, 11) is 0. The predicted octanol–water partition coefficient (Wildman–Crippen LogP) is 4.14. The summed E-state index contributed by atoms with van der Waals surface area (Å²) >= 11 is 5.87. The van der Waals surface area contributed by atoms with E-state index in [1.165, 1.54) is 12.1 Å². The monoisotopic (exact) mass is 302 g/mol. The Balaban J connectivity index is 1.79. The van der Waals surface area contributed by atoms with Crippen LogP contribution in [0, 0.1) is 5.82 Å². The molecular weight excluding hydrogens is 291 g/mol. The van der Waals surface area contributed by atoms with Gasteiger partial charge in [0.2, 0.25) is 5.91 Å². The van der Waals surface area contributed by atoms with Gasteiger partial charge in [0, 0.05) is 27.8 Å². The van der Waals surface area contributed by atoms with Crippen molar-refractivity contribution in [3.8, 4) is 0 Å². The number of fused-ring (bicyclic) bond motifs is 1. The Labute approximate surface area is 125 Å². The molecule has 3 rings (SSSR count). The zero-order valence-electron chi connectivity index (χ0n) is 11.0. The lowest BCUT2D eigenvalue weighted by molar-refractivity contribution is -0.115. The summed E-state index contributed by atoms with van der Waals surface area (Å²) in [6, 6.07) is 11.4. The van der Waals surface area contributed by atoms with Crippen LogP contribution in [0.5, 0.6) is 0 Å². The third kappa shape index (κ3) is 3.06. The van der Waals surface area contributed by atoms with Crippen LogP contribution in [0.2, 0.25) is 5.02 Å². The van der Waals surface area contributed by atoms with Crippen molar-refractivity contribution in [1.29, 1.82) is 0 Å². The molecule has 0 radical (unpaired) electrons. The van der Waals surface area contributed by atoms with E-state index in [2.05, 4.69) is 10.3 Å². The standard InChI is InChI=1S/C16H12ClFN2O/c17-11-2-1-3-13(7-11)20-16(21)6-10-9-19-15-5-4-12(18)8-14(10)15/h1-5,7-9,19H,6H2,(H,20,21). The lowest BCUT2D eigenvalue weighted by atomic mass is 10.1. The Morgan fingerprint density at radius 3 is 2.90 bits per heavy atom. The molecule has 3 aromatic rings. The number of H-pyrrole nitrogens is 1. The van der Waals surface area contributed by atoms with Gasteiger partial charge in [-0.05, 0) is 42.0 Å². The van der Waals surface area contributed by atoms with Gasteiger partial charge < -0.3 is 10.3 Å². The van der Waals surface area contributed by atoms with Crippen LogP contribution in [-0.4, -0.2) is 10.9 Å². The predicted molar refractivity (Wildman–Crippen MR) is 82.0 cm³/mol. The molecule has 0 aliphatic rings. The van der Waals surface area contributed by atoms with Crippen LogP contribution in [0.3, 0.4) is 0 Å². The van der Waals surface area contributed by atoms with Gasteiger partial charge in [-0.1, -0.05) is 17.7 Å². The van der Waals surface area contributed by atoms with E-state index in [0.717, 1.165) is 16.5 Å². The second kappa shape index (κ2) is 5.58. The number of aromatic amines is 1. The summed E-state index contributed by atoms with van der Waals surface area (Å²) in [5, 5.41) is 4.05. The number of hydrogen-bond acceptors (Lipinski definition) is 1. The van der Waals surface area contributed by atoms with Gasteiger partial charge in [-0.25, -0.2) is 4.39 Å². The molecule has 0 aliphatic carbocycles. The highest BCUT2D eigenvalue weighted by Gasteiger charge is 2.10. The minimum atomic E-state index is -0.321. The topological polar surface area (TPSA) is 44.9 Å². The van der Waals surface area contributed by atoms with Crippen molar-refractivity contribution in [3.05, 3.63) is 65.1 Å². The van der Waals surface area contributed by atoms with Gasteiger partial charge in [0.05, 0.1) is 6.42 Å². The quantitative estimate of drug-likeness (QED) is 0.750. The average molecular weight is 303 g/mol. The summed E-state index contributed by atoms with van der Waals surface area (Å²) in [6.07, 6.45) is 1.89. The Hall–Kier alpha value is -2.33. The van der Waals surface area contributed by atoms with Crippen molar-refractivity contribution in [1.82, 2.24) is 4.98 Å². The number of amides is 1. The highest BCUT2D eigenvalue weighted by Crippen LogP contribution is 2.21. The van der Waals surface area contributed by atoms with Crippen LogP contribution in [-0.2, 0) is 11.2 Å². The molecule has 0 saturated carbocycles. The van der Waals surface area contributed by atoms with Crippen molar-refractivity contribution >= 4 is 34.1 Å². The molecule has 1 amide bonds. The lowest BCUT2D eigenvalue weighted by Crippen LogP contribution is -2.14. The third-order valence-electron chi connectivity index (χ3n) is 3.19. The molecule has 106 valence electrons. The zero-order chi connectivity index (χ0) is 14.8. The molecule has 0 saturated heterocycles. The number of carbonyl (C=O) groups excluding carboxylic acids is 1. The van der Waals surface area contributed by atoms with Crippen LogP contribution in [0.1, 0.15) is 5.56 Å². The number of halogens is 2. The number of hydrogen-bond donors (Lipinski definition) is 2. The SMILES string of the molecule is O=C(Cc1c[nH]c2ccc(F)cc12)Nc1cccc(Cl)c1. The minimum Gasteiger partial charge on any atom is -0.361 e. The van der Waals surface area contributed by atoms with E-state index in [1.807, 2.05) is 0 Å². The zero-order valence-corrected chi connectivity index (χ0v) is 11.7. The van der Waals surface area contributed by atoms with Crippen LogP contribution < -0.4 is 5.32 Å². The molecule has 2 aromatic carbocycles. The fourth-order valence-electron chi connectivity index (χ4n) is 2.24. The molecule has 0 spiro atoms. The molecule has 2 N–H and O–H groups in total. The first-order chi connectivity index (χ1) is 10.1. The van der Waals surface area contributed by atoms with E-state index in [9.17, 15) is 9.18 Å². The molecule has 0 aliphatic heterocycles. The normalized spacial score (nSPS) is 10.8. The third-order valence-corrected chi connectivity index (χ3v) is 3.42. The average Bonchev–Trinajstić information content (AvgIpc) is 2.81. The largest absolute Gasteiger partial charge is 0.361 e. The second-order valence-electron chi connectivity index (χ2n) is 4.74. The molecule has 0 atom stereocenters. The second-order valence-corrected chi connectivity index (χ2v) is 5.18. The molecular formula is C16H12ClFN2O. The van der Waals surface area contributed by atoms with Gasteiger partial charge in [0.1, 0.15) is 5.82 Å². The summed E-state index contributed by atoms with van der Waals surface area (Å²) in [4.78, 5) is 15.1. The first-order valence-electron chi connectivity index (χ1n) is 6.43. The fraction of sp³-hybridized carbons (Fsp3) is 0.0625. The molecule has 21 heavy (non-hydrogen) atoms. The lowest BCUT2D eigenvalue weighted by Gasteiger charge is -2.05. The highest BCUT2D eigenvalue weighted by molar-refractivity contribution is 6.30. The number of benzene rings is 2. The van der Waals surface area contributed by atoms with Gasteiger partial charge in [-0.15, -0.1) is 0 Å². The molecule has 1 aromatic heterocycles. The summed E-state index contributed by atoms with van der Waals surface area (Å²) in [6.45, 7) is 0. The first kappa shape index (κ1) is 13.6. The van der Waals surface area contributed by atoms with E-state index in [1.54, 1.807) is 36.5 Å². The number of rotatable bonds is 3. The van der Waals surface area contributed by atoms with Crippen molar-refractivity contribution in [2.45, 2.75) is 6.42 Å². The summed E-state index contributed by atoms with van der Waals surface area (Å²) in [5.74, 6) is -0.499. The van der Waals surface area contributed by atoms with E-state index in [-0.39, 0.29) is 18.1 Å². The number of carbonyl (C=O) groups is 1. The first-order valence-corrected chi connectivity index (χ1v) is 6.80. The van der Waals surface area contributed by atoms with Gasteiger partial charge in [-0.2, -0.15) is 0 Å². The van der Waals surface area contributed by atoms with E-state index in [4.69, 9.17) is 11.6 Å². The number of aromatic nitrogens is 1. The van der Waals surface area contributed by atoms with E-state index >= 15 is 0 Å². The molecule has 5 heteroatoms. The maximum absolute atomic E-state index is 13.3.